The van der Waals surface area contributed by atoms with E-state index in [0.717, 1.165) is 45.8 Å². The molecule has 2 aliphatic rings. The monoisotopic (exact) mass is 899 g/mol. The molecular formula is C37H27ClF9N9O4S. The van der Waals surface area contributed by atoms with Crippen LogP contribution >= 0.6 is 11.6 Å². The highest BCUT2D eigenvalue weighted by atomic mass is 35.5. The number of aromatic nitrogens is 7. The van der Waals surface area contributed by atoms with Gasteiger partial charge >= 0.3 is 6.18 Å². The van der Waals surface area contributed by atoms with Crippen molar-refractivity contribution < 1.29 is 52.7 Å². The van der Waals surface area contributed by atoms with Gasteiger partial charge in [-0.1, -0.05) is 17.7 Å². The molecule has 3 atom stereocenters. The number of carbonyl (C=O) groups excluding carboxylic acids is 1. The van der Waals surface area contributed by atoms with E-state index in [1.54, 1.807) is 0 Å². The molecule has 13 nitrogen and oxygen atoms in total. The van der Waals surface area contributed by atoms with E-state index in [-0.39, 0.29) is 45.0 Å². The van der Waals surface area contributed by atoms with Crippen LogP contribution in [0.25, 0.3) is 28.0 Å². The second-order valence-electron chi connectivity index (χ2n) is 14.5. The zero-order valence-electron chi connectivity index (χ0n) is 31.1. The van der Waals surface area contributed by atoms with Crippen molar-refractivity contribution in [3.8, 4) is 17.1 Å². The third-order valence-electron chi connectivity index (χ3n) is 10.2. The van der Waals surface area contributed by atoms with E-state index in [1.807, 2.05) is 0 Å². The summed E-state index contributed by atoms with van der Waals surface area (Å²) in [7, 11) is -2.64. The Morgan fingerprint density at radius 1 is 1.02 bits per heavy atom. The maximum atomic E-state index is 15.4. The first kappa shape index (κ1) is 41.8. The molecule has 4 aromatic heterocycles. The number of pyridine rings is 1. The first-order valence-electron chi connectivity index (χ1n) is 17.8. The topological polar surface area (TPSA) is 159 Å². The lowest BCUT2D eigenvalue weighted by Gasteiger charge is -2.24. The first-order valence-corrected chi connectivity index (χ1v) is 20.1. The number of aryl methyl sites for hydroxylation is 1. The van der Waals surface area contributed by atoms with Crippen LogP contribution in [-0.4, -0.2) is 54.7 Å². The van der Waals surface area contributed by atoms with Gasteiger partial charge in [0.25, 0.3) is 17.9 Å². The summed E-state index contributed by atoms with van der Waals surface area (Å²) in [6.45, 7) is -1.11. The number of anilines is 1. The molecule has 0 bridgehead atoms. The van der Waals surface area contributed by atoms with Gasteiger partial charge in [0.15, 0.2) is 5.82 Å². The fraction of sp³-hybridized carbons (Fsp3) is 0.297. The van der Waals surface area contributed by atoms with Crippen LogP contribution in [0.3, 0.4) is 0 Å². The van der Waals surface area contributed by atoms with Crippen molar-refractivity contribution in [1.82, 2.24) is 39.4 Å². The summed E-state index contributed by atoms with van der Waals surface area (Å²) in [5.74, 6) is -10.00. The lowest BCUT2D eigenvalue weighted by Crippen LogP contribution is -2.38. The number of hydrogen-bond acceptors (Lipinski definition) is 8. The summed E-state index contributed by atoms with van der Waals surface area (Å²) in [5.41, 5.74) is -5.97. The molecule has 1 unspecified atom stereocenters. The number of nitrogens with zero attached hydrogens (tertiary/aromatic N) is 7. The van der Waals surface area contributed by atoms with Crippen molar-refractivity contribution >= 4 is 44.3 Å². The zero-order valence-corrected chi connectivity index (χ0v) is 32.7. The molecule has 24 heteroatoms. The standard InChI is InChI=1S/C37H27ClF9N9O4S/c1-54-31-24(7-6-20(38)29(31)34(52-54)53-61(2,59)60)56-27(58)13-22(21-4-3-5-25(48-21)37(45,46)47)50-35(56)23(10-15-8-16(39)11-17(40)9-15)49-26(57)14-55-32-28(30(51-55)33(41)42)18-12-19(18)36(32,43)44/h3-9,11,13,18-19,23,33H,10,12,14H2,1-2H3,(H,49,57)(H,52,53)/t18-,19?,23-/m0/s1. The maximum Gasteiger partial charge on any atom is 0.433 e. The van der Waals surface area contributed by atoms with Crippen LogP contribution < -0.4 is 15.6 Å². The van der Waals surface area contributed by atoms with E-state index >= 15 is 8.78 Å². The van der Waals surface area contributed by atoms with E-state index in [9.17, 15) is 48.7 Å². The van der Waals surface area contributed by atoms with Crippen molar-refractivity contribution in [3.63, 3.8) is 0 Å². The lowest BCUT2D eigenvalue weighted by molar-refractivity contribution is -0.141. The Morgan fingerprint density at radius 3 is 2.38 bits per heavy atom. The van der Waals surface area contributed by atoms with Crippen LogP contribution in [0.1, 0.15) is 58.8 Å². The van der Waals surface area contributed by atoms with Crippen molar-refractivity contribution in [2.75, 3.05) is 11.0 Å². The Balaban J connectivity index is 1.34. The van der Waals surface area contributed by atoms with Gasteiger partial charge in [0.05, 0.1) is 45.3 Å². The minimum absolute atomic E-state index is 0.0388. The number of benzene rings is 2. The summed E-state index contributed by atoms with van der Waals surface area (Å²) < 4.78 is 159. The second kappa shape index (κ2) is 14.6. The minimum Gasteiger partial charge on any atom is -0.344 e. The third kappa shape index (κ3) is 7.68. The largest absolute Gasteiger partial charge is 0.433 e. The number of rotatable bonds is 11. The van der Waals surface area contributed by atoms with Crippen molar-refractivity contribution in [2.24, 2.45) is 13.0 Å². The van der Waals surface area contributed by atoms with Crippen LogP contribution in [-0.2, 0) is 46.9 Å². The van der Waals surface area contributed by atoms with E-state index in [4.69, 9.17) is 11.6 Å². The van der Waals surface area contributed by atoms with Gasteiger partial charge in [0.1, 0.15) is 41.1 Å². The SMILES string of the molecule is Cn1nc(NS(C)(=O)=O)c2c(Cl)ccc(-n3c([C@H](Cc4cc(F)cc(F)c4)NC(=O)Cn4nc(C(F)F)c5c4C(F)(F)C4C[C@H]54)nc(-c4cccc(C(F)(F)F)n4)cc3=O)c21. The Kier molecular flexibility index (Phi) is 9.99. The number of hydrogen-bond donors (Lipinski definition) is 2. The number of carbonyl (C=O) groups is 1. The molecule has 2 aliphatic carbocycles. The normalized spacial score (nSPS) is 17.4. The highest BCUT2D eigenvalue weighted by Crippen LogP contribution is 2.68. The van der Waals surface area contributed by atoms with E-state index in [1.165, 1.54) is 19.2 Å². The Hall–Kier alpha value is -5.97. The van der Waals surface area contributed by atoms with Crippen LogP contribution in [0.4, 0.5) is 45.3 Å². The molecule has 61 heavy (non-hydrogen) atoms. The van der Waals surface area contributed by atoms with Gasteiger partial charge in [-0.15, -0.1) is 0 Å². The van der Waals surface area contributed by atoms with Gasteiger partial charge in [0.2, 0.25) is 15.9 Å². The van der Waals surface area contributed by atoms with Gasteiger partial charge in [-0.2, -0.15) is 32.1 Å². The van der Waals surface area contributed by atoms with E-state index in [0.29, 0.717) is 16.8 Å². The molecule has 0 spiro atoms. The Morgan fingerprint density at radius 2 is 1.72 bits per heavy atom. The minimum atomic E-state index is -4.95. The predicted octanol–water partition coefficient (Wildman–Crippen LogP) is 6.95. The van der Waals surface area contributed by atoms with Gasteiger partial charge < -0.3 is 5.32 Å². The second-order valence-corrected chi connectivity index (χ2v) is 16.7. The summed E-state index contributed by atoms with van der Waals surface area (Å²) in [4.78, 5) is 36.5. The summed E-state index contributed by atoms with van der Waals surface area (Å²) in [5, 5.41) is 10.2. The van der Waals surface area contributed by atoms with Gasteiger partial charge in [-0.3, -0.25) is 28.2 Å². The fourth-order valence-electron chi connectivity index (χ4n) is 7.75. The highest BCUT2D eigenvalue weighted by molar-refractivity contribution is 7.92. The highest BCUT2D eigenvalue weighted by Gasteiger charge is 2.67. The molecule has 0 radical (unpaired) electrons. The van der Waals surface area contributed by atoms with Crippen LogP contribution in [0, 0.1) is 17.6 Å². The molecular weight excluding hydrogens is 873 g/mol. The molecule has 320 valence electrons. The molecule has 0 aliphatic heterocycles. The number of nitrogens with one attached hydrogen (secondary N) is 2. The van der Waals surface area contributed by atoms with Gasteiger partial charge in [-0.05, 0) is 54.3 Å². The Bertz CT molecular complexity index is 2950. The molecule has 6 aromatic rings. The third-order valence-corrected chi connectivity index (χ3v) is 11.0. The molecule has 0 saturated heterocycles. The summed E-state index contributed by atoms with van der Waals surface area (Å²) >= 11 is 6.51. The average molecular weight is 900 g/mol. The van der Waals surface area contributed by atoms with E-state index in [2.05, 4.69) is 30.2 Å². The number of amides is 1. The molecule has 2 aromatic carbocycles. The quantitative estimate of drug-likeness (QED) is 0.132. The zero-order chi connectivity index (χ0) is 44.1. The predicted molar refractivity (Wildman–Crippen MR) is 199 cm³/mol. The van der Waals surface area contributed by atoms with Crippen molar-refractivity contribution in [1.29, 1.82) is 0 Å². The molecule has 1 fully saturated rings. The summed E-state index contributed by atoms with van der Waals surface area (Å²) in [6.07, 6.45) is -8.10. The number of fused-ring (bicyclic) bond motifs is 4. The van der Waals surface area contributed by atoms with Gasteiger partial charge in [-0.25, -0.2) is 35.9 Å². The van der Waals surface area contributed by atoms with Gasteiger partial charge in [0, 0.05) is 37.1 Å². The number of alkyl halides is 7. The smallest absolute Gasteiger partial charge is 0.344 e. The van der Waals surface area contributed by atoms with Crippen LogP contribution in [0.5, 0.6) is 0 Å². The molecule has 1 amide bonds. The molecule has 1 saturated carbocycles. The fourth-order valence-corrected chi connectivity index (χ4v) is 8.49. The van der Waals surface area contributed by atoms with Crippen molar-refractivity contribution in [3.05, 3.63) is 116 Å². The Labute approximate surface area is 342 Å². The number of sulfonamides is 1. The maximum absolute atomic E-state index is 15.4. The van der Waals surface area contributed by atoms with Crippen LogP contribution in [0.2, 0.25) is 5.02 Å². The molecule has 8 rings (SSSR count). The van der Waals surface area contributed by atoms with Crippen LogP contribution in [0.15, 0.2) is 59.4 Å². The number of halogens is 10. The molecule has 2 N–H and O–H groups in total. The van der Waals surface area contributed by atoms with Crippen molar-refractivity contribution in [2.45, 2.75) is 49.9 Å². The molecule has 4 heterocycles. The van der Waals surface area contributed by atoms with E-state index < -0.39 is 117 Å². The first-order chi connectivity index (χ1) is 28.5. The average Bonchev–Trinajstić information content (AvgIpc) is 3.69. The summed E-state index contributed by atoms with van der Waals surface area (Å²) in [6, 6.07) is 6.53. The lowest BCUT2D eigenvalue weighted by atomic mass is 10.0.